The van der Waals surface area contributed by atoms with Crippen LogP contribution in [0.3, 0.4) is 0 Å². The van der Waals surface area contributed by atoms with E-state index in [-0.39, 0.29) is 5.56 Å². The Kier molecular flexibility index (Phi) is 4.17. The number of thioether (sulfide) groups is 1. The molecule has 6 heteroatoms. The van der Waals surface area contributed by atoms with Crippen LogP contribution in [0.25, 0.3) is 0 Å². The lowest BCUT2D eigenvalue weighted by atomic mass is 10.2. The van der Waals surface area contributed by atoms with Gasteiger partial charge in [-0.05, 0) is 24.0 Å². The molecule has 0 saturated carbocycles. The quantitative estimate of drug-likeness (QED) is 0.493. The van der Waals surface area contributed by atoms with Crippen LogP contribution in [0.5, 0.6) is 0 Å². The summed E-state index contributed by atoms with van der Waals surface area (Å²) in [6, 6.07) is 8.56. The highest BCUT2D eigenvalue weighted by Crippen LogP contribution is 2.09. The fourth-order valence-corrected chi connectivity index (χ4v) is 1.91. The highest BCUT2D eigenvalue weighted by molar-refractivity contribution is 7.98. The number of aromatic nitrogens is 2. The summed E-state index contributed by atoms with van der Waals surface area (Å²) in [6.07, 6.45) is 4.91. The van der Waals surface area contributed by atoms with Gasteiger partial charge in [-0.1, -0.05) is 35.5 Å². The zero-order chi connectivity index (χ0) is 13.0. The second kappa shape index (κ2) is 5.84. The molecule has 0 aliphatic carbocycles. The van der Waals surface area contributed by atoms with Gasteiger partial charge in [0.2, 0.25) is 0 Å². The van der Waals surface area contributed by atoms with Crippen molar-refractivity contribution < 1.29 is 0 Å². The van der Waals surface area contributed by atoms with Gasteiger partial charge in [-0.2, -0.15) is 9.78 Å². The molecule has 2 aromatic rings. The van der Waals surface area contributed by atoms with Crippen molar-refractivity contribution >= 4 is 29.6 Å². The molecule has 0 aliphatic rings. The Morgan fingerprint density at radius 3 is 2.72 bits per heavy atom. The maximum Gasteiger partial charge on any atom is 0.274 e. The van der Waals surface area contributed by atoms with Crippen LogP contribution in [-0.4, -0.2) is 22.1 Å². The Balaban J connectivity index is 2.34. The van der Waals surface area contributed by atoms with Crippen molar-refractivity contribution in [3.8, 4) is 0 Å². The molecular weight excluding hydrogens is 270 g/mol. The summed E-state index contributed by atoms with van der Waals surface area (Å²) in [7, 11) is 0. The first kappa shape index (κ1) is 12.9. The third-order valence-electron chi connectivity index (χ3n) is 2.17. The van der Waals surface area contributed by atoms with E-state index in [1.165, 1.54) is 28.7 Å². The Bertz CT molecular complexity index is 622. The Morgan fingerprint density at radius 1 is 1.33 bits per heavy atom. The fraction of sp³-hybridized carbons (Fsp3) is 0.0833. The minimum absolute atomic E-state index is 0.209. The number of hydrogen-bond donors (Lipinski definition) is 0. The van der Waals surface area contributed by atoms with E-state index in [1.54, 1.807) is 18.3 Å². The van der Waals surface area contributed by atoms with E-state index in [1.807, 2.05) is 18.4 Å². The number of nitrogens with zero attached hydrogens (tertiary/aromatic N) is 3. The lowest BCUT2D eigenvalue weighted by molar-refractivity contribution is 0.692. The maximum atomic E-state index is 11.6. The van der Waals surface area contributed by atoms with Gasteiger partial charge in [0.15, 0.2) is 5.16 Å². The van der Waals surface area contributed by atoms with Crippen LogP contribution in [0.15, 0.2) is 51.6 Å². The maximum absolute atomic E-state index is 11.6. The summed E-state index contributed by atoms with van der Waals surface area (Å²) in [6.45, 7) is 0. The molecule has 0 fully saturated rings. The first-order valence-electron chi connectivity index (χ1n) is 5.12. The second-order valence-corrected chi connectivity index (χ2v) is 4.59. The topological polar surface area (TPSA) is 47.2 Å². The number of benzene rings is 1. The van der Waals surface area contributed by atoms with Crippen molar-refractivity contribution in [3.63, 3.8) is 0 Å². The number of hydrogen-bond acceptors (Lipinski definition) is 4. The van der Waals surface area contributed by atoms with E-state index in [2.05, 4.69) is 10.1 Å². The Labute approximate surface area is 113 Å². The molecule has 4 nitrogen and oxygen atoms in total. The minimum Gasteiger partial charge on any atom is -0.267 e. The van der Waals surface area contributed by atoms with Crippen LogP contribution < -0.4 is 5.56 Å². The molecular formula is C12H10ClN3OS. The van der Waals surface area contributed by atoms with Crippen molar-refractivity contribution in [3.05, 3.63) is 57.5 Å². The zero-order valence-corrected chi connectivity index (χ0v) is 11.1. The smallest absolute Gasteiger partial charge is 0.267 e. The van der Waals surface area contributed by atoms with Crippen LogP contribution in [0, 0.1) is 0 Å². The fourth-order valence-electron chi connectivity index (χ4n) is 1.30. The molecule has 0 atom stereocenters. The molecule has 0 spiro atoms. The van der Waals surface area contributed by atoms with Gasteiger partial charge in [0.25, 0.3) is 5.56 Å². The Morgan fingerprint density at radius 2 is 2.06 bits per heavy atom. The average Bonchev–Trinajstić information content (AvgIpc) is 2.39. The average molecular weight is 280 g/mol. The predicted molar refractivity (Wildman–Crippen MR) is 74.7 cm³/mol. The normalized spacial score (nSPS) is 11.0. The molecule has 0 N–H and O–H groups in total. The van der Waals surface area contributed by atoms with Crippen molar-refractivity contribution in [2.24, 2.45) is 5.10 Å². The zero-order valence-electron chi connectivity index (χ0n) is 9.58. The summed E-state index contributed by atoms with van der Waals surface area (Å²) in [5, 5.41) is 5.34. The van der Waals surface area contributed by atoms with E-state index in [0.717, 1.165) is 5.56 Å². The molecule has 0 saturated heterocycles. The van der Waals surface area contributed by atoms with Gasteiger partial charge in [0.05, 0.1) is 6.21 Å². The predicted octanol–water partition coefficient (Wildman–Crippen LogP) is 2.50. The van der Waals surface area contributed by atoms with E-state index in [0.29, 0.717) is 10.2 Å². The molecule has 0 unspecified atom stereocenters. The van der Waals surface area contributed by atoms with Gasteiger partial charge < -0.3 is 0 Å². The molecule has 0 amide bonds. The molecule has 18 heavy (non-hydrogen) atoms. The molecule has 92 valence electrons. The number of halogens is 1. The standard InChI is InChI=1S/C12H10ClN3OS/c1-18-12-14-7-6-11(17)16(12)15-8-9-2-4-10(13)5-3-9/h2-8H,1H3/b15-8+. The third kappa shape index (κ3) is 3.00. The number of rotatable bonds is 3. The summed E-state index contributed by atoms with van der Waals surface area (Å²) in [5.74, 6) is 0. The van der Waals surface area contributed by atoms with Crippen molar-refractivity contribution in [1.29, 1.82) is 0 Å². The summed E-state index contributed by atoms with van der Waals surface area (Å²) < 4.78 is 1.26. The summed E-state index contributed by atoms with van der Waals surface area (Å²) in [4.78, 5) is 15.7. The highest BCUT2D eigenvalue weighted by Gasteiger charge is 2.01. The van der Waals surface area contributed by atoms with Gasteiger partial charge in [-0.25, -0.2) is 4.98 Å². The highest BCUT2D eigenvalue weighted by atomic mass is 35.5. The Hall–Kier alpha value is -1.59. The van der Waals surface area contributed by atoms with E-state index in [4.69, 9.17) is 11.6 Å². The van der Waals surface area contributed by atoms with Gasteiger partial charge in [-0.15, -0.1) is 0 Å². The summed E-state index contributed by atoms with van der Waals surface area (Å²) >= 11 is 7.15. The first-order chi connectivity index (χ1) is 8.70. The van der Waals surface area contributed by atoms with Crippen LogP contribution in [0.4, 0.5) is 0 Å². The first-order valence-corrected chi connectivity index (χ1v) is 6.73. The van der Waals surface area contributed by atoms with Crippen LogP contribution >= 0.6 is 23.4 Å². The van der Waals surface area contributed by atoms with Gasteiger partial charge in [0.1, 0.15) is 0 Å². The van der Waals surface area contributed by atoms with Crippen molar-refractivity contribution in [2.75, 3.05) is 6.26 Å². The van der Waals surface area contributed by atoms with Crippen molar-refractivity contribution in [1.82, 2.24) is 9.66 Å². The van der Waals surface area contributed by atoms with E-state index >= 15 is 0 Å². The largest absolute Gasteiger partial charge is 0.274 e. The molecule has 0 bridgehead atoms. The molecule has 1 heterocycles. The summed E-state index contributed by atoms with van der Waals surface area (Å²) in [5.41, 5.74) is 0.654. The van der Waals surface area contributed by atoms with Crippen LogP contribution in [0.2, 0.25) is 5.02 Å². The minimum atomic E-state index is -0.209. The second-order valence-electron chi connectivity index (χ2n) is 3.38. The van der Waals surface area contributed by atoms with Gasteiger partial charge >= 0.3 is 0 Å². The van der Waals surface area contributed by atoms with E-state index in [9.17, 15) is 4.79 Å². The molecule has 0 radical (unpaired) electrons. The van der Waals surface area contributed by atoms with Crippen LogP contribution in [0.1, 0.15) is 5.56 Å². The van der Waals surface area contributed by atoms with Gasteiger partial charge in [0, 0.05) is 17.3 Å². The van der Waals surface area contributed by atoms with Gasteiger partial charge in [-0.3, -0.25) is 4.79 Å². The molecule has 1 aromatic carbocycles. The van der Waals surface area contributed by atoms with E-state index < -0.39 is 0 Å². The lowest BCUT2D eigenvalue weighted by Crippen LogP contribution is -2.17. The lowest BCUT2D eigenvalue weighted by Gasteiger charge is -2.02. The SMILES string of the molecule is CSc1nccc(=O)n1/N=C/c1ccc(Cl)cc1. The molecule has 0 aliphatic heterocycles. The van der Waals surface area contributed by atoms with Crippen molar-refractivity contribution in [2.45, 2.75) is 5.16 Å². The monoisotopic (exact) mass is 279 g/mol. The molecule has 2 rings (SSSR count). The third-order valence-corrected chi connectivity index (χ3v) is 3.06. The molecule has 1 aromatic heterocycles. The van der Waals surface area contributed by atoms with Crippen LogP contribution in [-0.2, 0) is 0 Å².